The van der Waals surface area contributed by atoms with Crippen molar-refractivity contribution in [2.45, 2.75) is 40.5 Å². The van der Waals surface area contributed by atoms with Gasteiger partial charge in [-0.2, -0.15) is 0 Å². The molecule has 4 N–H and O–H groups in total. The molecule has 0 saturated heterocycles. The zero-order valence-electron chi connectivity index (χ0n) is 15.5. The molecule has 0 aliphatic carbocycles. The summed E-state index contributed by atoms with van der Waals surface area (Å²) in [4.78, 5) is 35.0. The molecule has 0 aliphatic rings. The van der Waals surface area contributed by atoms with Crippen LogP contribution in [-0.4, -0.2) is 31.0 Å². The third kappa shape index (κ3) is 5.47. The molecular weight excluding hydrogens is 340 g/mol. The van der Waals surface area contributed by atoms with E-state index in [0.717, 1.165) is 0 Å². The van der Waals surface area contributed by atoms with Gasteiger partial charge in [0.2, 0.25) is 0 Å². The van der Waals surface area contributed by atoms with E-state index in [2.05, 4.69) is 16.0 Å². The van der Waals surface area contributed by atoms with Gasteiger partial charge in [0, 0.05) is 26.5 Å². The molecule has 0 saturated carbocycles. The number of anilines is 1. The fourth-order valence-electron chi connectivity index (χ4n) is 2.33. The van der Waals surface area contributed by atoms with Crippen molar-refractivity contribution >= 4 is 29.6 Å². The largest absolute Gasteiger partial charge is 0.423 e. The SMILES string of the molecule is CCc1cc(OC(C)=O)c(OC(C)=O)c(CC)c1NC(=O)NC(=N)NC. The summed E-state index contributed by atoms with van der Waals surface area (Å²) in [5.74, 6) is -1.09. The molecule has 142 valence electrons. The predicted molar refractivity (Wildman–Crippen MR) is 96.8 cm³/mol. The van der Waals surface area contributed by atoms with Crippen molar-refractivity contribution in [1.29, 1.82) is 5.41 Å². The van der Waals surface area contributed by atoms with Gasteiger partial charge >= 0.3 is 18.0 Å². The zero-order valence-corrected chi connectivity index (χ0v) is 15.5. The summed E-state index contributed by atoms with van der Waals surface area (Å²) in [5.41, 5.74) is 1.66. The summed E-state index contributed by atoms with van der Waals surface area (Å²) >= 11 is 0. The molecule has 26 heavy (non-hydrogen) atoms. The molecule has 0 bridgehead atoms. The van der Waals surface area contributed by atoms with E-state index in [1.807, 2.05) is 13.8 Å². The van der Waals surface area contributed by atoms with Gasteiger partial charge in [0.1, 0.15) is 0 Å². The topological polar surface area (TPSA) is 130 Å². The Morgan fingerprint density at radius 3 is 2.15 bits per heavy atom. The van der Waals surface area contributed by atoms with E-state index in [0.29, 0.717) is 29.7 Å². The third-order valence-corrected chi connectivity index (χ3v) is 3.39. The minimum absolute atomic E-state index is 0.0893. The highest BCUT2D eigenvalue weighted by Gasteiger charge is 2.22. The Morgan fingerprint density at radius 2 is 1.69 bits per heavy atom. The van der Waals surface area contributed by atoms with E-state index in [9.17, 15) is 14.4 Å². The van der Waals surface area contributed by atoms with Gasteiger partial charge in [0.05, 0.1) is 5.69 Å². The summed E-state index contributed by atoms with van der Waals surface area (Å²) in [6.07, 6.45) is 0.935. The average Bonchev–Trinajstić information content (AvgIpc) is 2.56. The number of hydrogen-bond acceptors (Lipinski definition) is 6. The summed E-state index contributed by atoms with van der Waals surface area (Å²) in [6, 6.07) is 0.931. The number of guanidine groups is 1. The predicted octanol–water partition coefficient (Wildman–Crippen LogP) is 1.94. The summed E-state index contributed by atoms with van der Waals surface area (Å²) in [6.45, 7) is 6.17. The molecule has 0 unspecified atom stereocenters. The number of rotatable bonds is 5. The van der Waals surface area contributed by atoms with Crippen LogP contribution in [0.4, 0.5) is 10.5 Å². The number of benzene rings is 1. The first-order chi connectivity index (χ1) is 12.2. The van der Waals surface area contributed by atoms with Crippen molar-refractivity contribution in [2.75, 3.05) is 12.4 Å². The number of carbonyl (C=O) groups is 3. The van der Waals surface area contributed by atoms with Crippen LogP contribution in [0.1, 0.15) is 38.8 Å². The Kier molecular flexibility index (Phi) is 7.57. The Morgan fingerprint density at radius 1 is 1.08 bits per heavy atom. The number of esters is 2. The lowest BCUT2D eigenvalue weighted by Crippen LogP contribution is -2.40. The molecule has 0 spiro atoms. The number of carbonyl (C=O) groups excluding carboxylic acids is 3. The minimum Gasteiger partial charge on any atom is -0.423 e. The maximum absolute atomic E-state index is 12.1. The van der Waals surface area contributed by atoms with Gasteiger partial charge in [-0.15, -0.1) is 0 Å². The molecule has 9 nitrogen and oxygen atoms in total. The number of ether oxygens (including phenoxy) is 2. The smallest absolute Gasteiger partial charge is 0.326 e. The van der Waals surface area contributed by atoms with Gasteiger partial charge in [-0.25, -0.2) is 4.79 Å². The van der Waals surface area contributed by atoms with Gasteiger partial charge in [0.15, 0.2) is 17.5 Å². The number of amides is 2. The summed E-state index contributed by atoms with van der Waals surface area (Å²) in [7, 11) is 1.50. The van der Waals surface area contributed by atoms with Crippen molar-refractivity contribution in [3.05, 3.63) is 17.2 Å². The monoisotopic (exact) mass is 364 g/mol. The first kappa shape index (κ1) is 20.9. The van der Waals surface area contributed by atoms with Crippen molar-refractivity contribution < 1.29 is 23.9 Å². The van der Waals surface area contributed by atoms with Gasteiger partial charge in [-0.3, -0.25) is 20.3 Å². The quantitative estimate of drug-likeness (QED) is 0.273. The second kappa shape index (κ2) is 9.40. The second-order valence-corrected chi connectivity index (χ2v) is 5.32. The first-order valence-electron chi connectivity index (χ1n) is 8.13. The molecule has 0 fully saturated rings. The fraction of sp³-hybridized carbons (Fsp3) is 0.412. The zero-order chi connectivity index (χ0) is 19.9. The molecule has 9 heteroatoms. The molecule has 0 heterocycles. The standard InChI is InChI=1S/C17H24N4O5/c1-6-11-8-13(25-9(3)22)15(26-10(4)23)12(7-2)14(11)20-17(24)21-16(18)19-5/h8H,6-7H2,1-5H3,(H4,18,19,20,21,24). The van der Waals surface area contributed by atoms with Crippen LogP contribution < -0.4 is 25.4 Å². The highest BCUT2D eigenvalue weighted by Crippen LogP contribution is 2.40. The maximum Gasteiger partial charge on any atom is 0.326 e. The lowest BCUT2D eigenvalue weighted by Gasteiger charge is -2.20. The first-order valence-corrected chi connectivity index (χ1v) is 8.13. The van der Waals surface area contributed by atoms with E-state index < -0.39 is 18.0 Å². The number of aryl methyl sites for hydroxylation is 1. The van der Waals surface area contributed by atoms with Crippen LogP contribution in [0, 0.1) is 5.41 Å². The number of urea groups is 1. The van der Waals surface area contributed by atoms with Gasteiger partial charge in [0.25, 0.3) is 0 Å². The van der Waals surface area contributed by atoms with Gasteiger partial charge in [-0.05, 0) is 24.5 Å². The van der Waals surface area contributed by atoms with Crippen LogP contribution in [0.25, 0.3) is 0 Å². The fourth-order valence-corrected chi connectivity index (χ4v) is 2.33. The van der Waals surface area contributed by atoms with Crippen LogP contribution >= 0.6 is 0 Å². The van der Waals surface area contributed by atoms with Crippen molar-refractivity contribution in [3.8, 4) is 11.5 Å². The number of nitrogens with one attached hydrogen (secondary N) is 4. The van der Waals surface area contributed by atoms with Crippen molar-refractivity contribution in [3.63, 3.8) is 0 Å². The van der Waals surface area contributed by atoms with Crippen LogP contribution in [0.5, 0.6) is 11.5 Å². The van der Waals surface area contributed by atoms with Crippen molar-refractivity contribution in [2.24, 2.45) is 0 Å². The molecular formula is C17H24N4O5. The lowest BCUT2D eigenvalue weighted by molar-refractivity contribution is -0.134. The van der Waals surface area contributed by atoms with E-state index in [1.165, 1.54) is 20.9 Å². The van der Waals surface area contributed by atoms with Crippen molar-refractivity contribution in [1.82, 2.24) is 10.6 Å². The maximum atomic E-state index is 12.1. The van der Waals surface area contributed by atoms with Gasteiger partial charge < -0.3 is 20.1 Å². The molecule has 1 aromatic carbocycles. The Hall–Kier alpha value is -3.10. The summed E-state index contributed by atoms with van der Waals surface area (Å²) < 4.78 is 10.4. The van der Waals surface area contributed by atoms with Crippen LogP contribution in [0.3, 0.4) is 0 Å². The molecule has 1 aromatic rings. The second-order valence-electron chi connectivity index (χ2n) is 5.32. The van der Waals surface area contributed by atoms with Crippen LogP contribution in [0.2, 0.25) is 0 Å². The Labute approximate surface area is 151 Å². The lowest BCUT2D eigenvalue weighted by atomic mass is 10.0. The van der Waals surface area contributed by atoms with Gasteiger partial charge in [-0.1, -0.05) is 13.8 Å². The van der Waals surface area contributed by atoms with Crippen LogP contribution in [0.15, 0.2) is 6.07 Å². The van der Waals surface area contributed by atoms with Crippen LogP contribution in [-0.2, 0) is 22.4 Å². The van der Waals surface area contributed by atoms with E-state index in [1.54, 1.807) is 6.07 Å². The summed E-state index contributed by atoms with van der Waals surface area (Å²) in [5, 5.41) is 15.0. The normalized spacial score (nSPS) is 9.88. The van der Waals surface area contributed by atoms with E-state index in [4.69, 9.17) is 14.9 Å². The van der Waals surface area contributed by atoms with E-state index in [-0.39, 0.29) is 17.5 Å². The van der Waals surface area contributed by atoms with E-state index >= 15 is 0 Å². The molecule has 0 aliphatic heterocycles. The minimum atomic E-state index is -0.622. The highest BCUT2D eigenvalue weighted by atomic mass is 16.6. The average molecular weight is 364 g/mol. The Bertz CT molecular complexity index is 730. The Balaban J connectivity index is 3.46. The molecule has 0 radical (unpaired) electrons. The molecule has 0 aromatic heterocycles. The molecule has 2 amide bonds. The molecule has 1 rings (SSSR count). The number of hydrogen-bond donors (Lipinski definition) is 4. The molecule has 0 atom stereocenters. The third-order valence-electron chi connectivity index (χ3n) is 3.39. The highest BCUT2D eigenvalue weighted by molar-refractivity contribution is 6.02.